The second-order valence-corrected chi connectivity index (χ2v) is 3.00. The Morgan fingerprint density at radius 3 is 3.18 bits per heavy atom. The molecule has 0 aromatic rings. The highest BCUT2D eigenvalue weighted by Crippen LogP contribution is 2.14. The molecule has 2 rings (SSSR count). The molecule has 1 fully saturated rings. The number of hydrogen-bond donors (Lipinski definition) is 1. The summed E-state index contributed by atoms with van der Waals surface area (Å²) < 4.78 is 5.14. The van der Waals surface area contributed by atoms with E-state index in [9.17, 15) is 0 Å². The molecule has 0 bridgehead atoms. The van der Waals surface area contributed by atoms with Crippen molar-refractivity contribution >= 4 is 0 Å². The second kappa shape index (κ2) is 3.24. The largest absolute Gasteiger partial charge is 0.501 e. The summed E-state index contributed by atoms with van der Waals surface area (Å²) in [5, 5.41) is 7.85. The van der Waals surface area contributed by atoms with Gasteiger partial charge in [0, 0.05) is 31.6 Å². The minimum Gasteiger partial charge on any atom is -0.501 e. The maximum absolute atomic E-state index is 5.14. The third-order valence-corrected chi connectivity index (χ3v) is 2.21. The van der Waals surface area contributed by atoms with Crippen molar-refractivity contribution in [1.82, 2.24) is 10.6 Å². The van der Waals surface area contributed by atoms with E-state index in [1.54, 1.807) is 6.26 Å². The minimum absolute atomic E-state index is 0.447. The first-order valence-electron chi connectivity index (χ1n) is 4.12. The molecule has 3 heteroatoms. The molecule has 1 saturated heterocycles. The monoisotopic (exact) mass is 153 g/mol. The third kappa shape index (κ3) is 1.54. The van der Waals surface area contributed by atoms with Crippen LogP contribution in [-0.2, 0) is 4.74 Å². The quantitative estimate of drug-likeness (QED) is 0.562. The smallest absolute Gasteiger partial charge is 0.0953 e. The van der Waals surface area contributed by atoms with Gasteiger partial charge < -0.3 is 10.1 Å². The van der Waals surface area contributed by atoms with Gasteiger partial charge in [0.2, 0.25) is 0 Å². The van der Waals surface area contributed by atoms with Crippen molar-refractivity contribution in [3.63, 3.8) is 0 Å². The Kier molecular flexibility index (Phi) is 2.10. The Morgan fingerprint density at radius 1 is 1.55 bits per heavy atom. The van der Waals surface area contributed by atoms with Crippen molar-refractivity contribution in [2.75, 3.05) is 26.2 Å². The van der Waals surface area contributed by atoms with Gasteiger partial charge in [0.25, 0.3) is 0 Å². The molecule has 1 N–H and O–H groups in total. The summed E-state index contributed by atoms with van der Waals surface area (Å²) in [5.74, 6) is 0.516. The molecule has 2 heterocycles. The highest BCUT2D eigenvalue weighted by molar-refractivity contribution is 4.97. The molecule has 0 spiro atoms. The van der Waals surface area contributed by atoms with E-state index in [-0.39, 0.29) is 0 Å². The van der Waals surface area contributed by atoms with Gasteiger partial charge in [-0.05, 0) is 6.08 Å². The molecule has 0 aromatic carbocycles. The zero-order valence-corrected chi connectivity index (χ0v) is 6.49. The Hall–Kier alpha value is -0.540. The van der Waals surface area contributed by atoms with Crippen LogP contribution in [0, 0.1) is 5.92 Å². The van der Waals surface area contributed by atoms with Crippen LogP contribution in [0.5, 0.6) is 0 Å². The van der Waals surface area contributed by atoms with Gasteiger partial charge in [0.1, 0.15) is 0 Å². The van der Waals surface area contributed by atoms with E-state index in [1.807, 2.05) is 0 Å². The standard InChI is InChI=1S/C8H13N2O/c1-4-11-6-7(1)8-5-9-2-3-10-8/h1,4,7-9H,2-3,5-6H2. The lowest BCUT2D eigenvalue weighted by Crippen LogP contribution is -2.47. The third-order valence-electron chi connectivity index (χ3n) is 2.21. The molecule has 2 unspecified atom stereocenters. The first-order chi connectivity index (χ1) is 5.47. The van der Waals surface area contributed by atoms with Crippen LogP contribution in [0.1, 0.15) is 0 Å². The fourth-order valence-corrected chi connectivity index (χ4v) is 1.53. The molecule has 0 aliphatic carbocycles. The average molecular weight is 153 g/mol. The Labute approximate surface area is 66.8 Å². The number of piperazine rings is 1. The van der Waals surface area contributed by atoms with Crippen molar-refractivity contribution in [3.8, 4) is 0 Å². The molecule has 11 heavy (non-hydrogen) atoms. The van der Waals surface area contributed by atoms with Crippen LogP contribution in [-0.4, -0.2) is 32.3 Å². The number of rotatable bonds is 1. The van der Waals surface area contributed by atoms with Crippen molar-refractivity contribution in [1.29, 1.82) is 0 Å². The van der Waals surface area contributed by atoms with Gasteiger partial charge in [0.05, 0.1) is 12.9 Å². The van der Waals surface area contributed by atoms with E-state index >= 15 is 0 Å². The number of nitrogens with one attached hydrogen (secondary N) is 1. The fraction of sp³-hybridized carbons (Fsp3) is 0.750. The summed E-state index contributed by atoms with van der Waals surface area (Å²) in [5.41, 5.74) is 0. The van der Waals surface area contributed by atoms with Gasteiger partial charge in [-0.1, -0.05) is 0 Å². The van der Waals surface area contributed by atoms with Crippen molar-refractivity contribution in [2.24, 2.45) is 5.92 Å². The molecular weight excluding hydrogens is 140 g/mol. The molecule has 3 nitrogen and oxygen atoms in total. The Morgan fingerprint density at radius 2 is 2.55 bits per heavy atom. The topological polar surface area (TPSA) is 35.4 Å². The average Bonchev–Trinajstić information content (AvgIpc) is 2.58. The molecule has 61 valence electrons. The fourth-order valence-electron chi connectivity index (χ4n) is 1.53. The molecule has 0 amide bonds. The zero-order chi connectivity index (χ0) is 7.52. The highest BCUT2D eigenvalue weighted by Gasteiger charge is 2.24. The molecule has 2 aliphatic heterocycles. The van der Waals surface area contributed by atoms with E-state index in [0.717, 1.165) is 26.2 Å². The summed E-state index contributed by atoms with van der Waals surface area (Å²) in [6, 6.07) is 0.447. The van der Waals surface area contributed by atoms with Gasteiger partial charge in [-0.2, -0.15) is 0 Å². The predicted molar refractivity (Wildman–Crippen MR) is 42.2 cm³/mol. The van der Waals surface area contributed by atoms with E-state index in [1.165, 1.54) is 0 Å². The molecule has 2 aliphatic rings. The number of hydrogen-bond acceptors (Lipinski definition) is 2. The Balaban J connectivity index is 1.87. The van der Waals surface area contributed by atoms with Crippen LogP contribution in [0.4, 0.5) is 0 Å². The Bertz CT molecular complexity index is 152. The van der Waals surface area contributed by atoms with Gasteiger partial charge in [0.15, 0.2) is 0 Å². The van der Waals surface area contributed by atoms with E-state index in [2.05, 4.69) is 16.7 Å². The number of ether oxygens (including phenoxy) is 1. The van der Waals surface area contributed by atoms with E-state index in [0.29, 0.717) is 12.0 Å². The maximum atomic E-state index is 5.14. The van der Waals surface area contributed by atoms with Gasteiger partial charge in [-0.3, -0.25) is 0 Å². The van der Waals surface area contributed by atoms with Gasteiger partial charge in [-0.15, -0.1) is 0 Å². The van der Waals surface area contributed by atoms with Crippen LogP contribution in [0.2, 0.25) is 0 Å². The summed E-state index contributed by atoms with van der Waals surface area (Å²) in [4.78, 5) is 0. The van der Waals surface area contributed by atoms with Crippen molar-refractivity contribution in [3.05, 3.63) is 12.3 Å². The number of nitrogens with zero attached hydrogens (tertiary/aromatic N) is 1. The minimum atomic E-state index is 0.447. The van der Waals surface area contributed by atoms with Crippen LogP contribution in [0.15, 0.2) is 12.3 Å². The van der Waals surface area contributed by atoms with Crippen LogP contribution in [0.25, 0.3) is 0 Å². The van der Waals surface area contributed by atoms with E-state index < -0.39 is 0 Å². The van der Waals surface area contributed by atoms with Crippen molar-refractivity contribution in [2.45, 2.75) is 6.04 Å². The van der Waals surface area contributed by atoms with E-state index in [4.69, 9.17) is 4.74 Å². The summed E-state index contributed by atoms with van der Waals surface area (Å²) >= 11 is 0. The van der Waals surface area contributed by atoms with Gasteiger partial charge in [-0.25, -0.2) is 5.32 Å². The predicted octanol–water partition coefficient (Wildman–Crippen LogP) is -0.277. The molecule has 2 atom stereocenters. The zero-order valence-electron chi connectivity index (χ0n) is 6.49. The highest BCUT2D eigenvalue weighted by atomic mass is 16.5. The lowest BCUT2D eigenvalue weighted by Gasteiger charge is -2.25. The van der Waals surface area contributed by atoms with Gasteiger partial charge >= 0.3 is 0 Å². The van der Waals surface area contributed by atoms with Crippen molar-refractivity contribution < 1.29 is 4.74 Å². The summed E-state index contributed by atoms with van der Waals surface area (Å²) in [7, 11) is 0. The molecule has 0 saturated carbocycles. The lowest BCUT2D eigenvalue weighted by molar-refractivity contribution is 0.214. The molecule has 1 radical (unpaired) electrons. The van der Waals surface area contributed by atoms with Crippen LogP contribution in [0.3, 0.4) is 0 Å². The van der Waals surface area contributed by atoms with Crippen LogP contribution >= 0.6 is 0 Å². The maximum Gasteiger partial charge on any atom is 0.0953 e. The second-order valence-electron chi connectivity index (χ2n) is 3.00. The first-order valence-corrected chi connectivity index (χ1v) is 4.12. The molecule has 0 aromatic heterocycles. The summed E-state index contributed by atoms with van der Waals surface area (Å²) in [6.07, 6.45) is 3.90. The molecular formula is C8H13N2O. The first kappa shape index (κ1) is 7.13. The lowest BCUT2D eigenvalue weighted by atomic mass is 10.0. The van der Waals surface area contributed by atoms with Crippen LogP contribution < -0.4 is 10.6 Å². The SMILES string of the molecule is C1=CC(C2CNCC[N]2)CO1. The summed E-state index contributed by atoms with van der Waals surface area (Å²) in [6.45, 7) is 3.82. The normalized spacial score (nSPS) is 37.1.